The summed E-state index contributed by atoms with van der Waals surface area (Å²) in [6.45, 7) is 11.2. The van der Waals surface area contributed by atoms with E-state index in [1.807, 2.05) is 13.8 Å². The molecule has 176 valence electrons. The fourth-order valence-corrected chi connectivity index (χ4v) is 7.17. The van der Waals surface area contributed by atoms with Crippen molar-refractivity contribution in [2.45, 2.75) is 60.5 Å². The van der Waals surface area contributed by atoms with E-state index >= 15 is 0 Å². The Morgan fingerprint density at radius 3 is 2.30 bits per heavy atom. The molecule has 0 bridgehead atoms. The highest BCUT2D eigenvalue weighted by Crippen LogP contribution is 2.71. The first kappa shape index (κ1) is 23.6. The lowest BCUT2D eigenvalue weighted by molar-refractivity contribution is -0.181. The molecule has 3 aliphatic carbocycles. The summed E-state index contributed by atoms with van der Waals surface area (Å²) in [5.74, 6) is -2.27. The summed E-state index contributed by atoms with van der Waals surface area (Å²) in [5.41, 5.74) is -3.91. The van der Waals surface area contributed by atoms with Crippen LogP contribution in [0.4, 0.5) is 0 Å². The van der Waals surface area contributed by atoms with Gasteiger partial charge in [0.25, 0.3) is 0 Å². The van der Waals surface area contributed by atoms with Crippen LogP contribution in [0.5, 0.6) is 0 Å². The number of allylic oxidation sites excluding steroid dienone is 3. The van der Waals surface area contributed by atoms with Gasteiger partial charge in [-0.1, -0.05) is 44.5 Å². The molecule has 0 saturated heterocycles. The number of hydrogen-bond acceptors (Lipinski definition) is 6. The minimum absolute atomic E-state index is 0.0517. The van der Waals surface area contributed by atoms with Gasteiger partial charge >= 0.3 is 0 Å². The zero-order valence-electron chi connectivity index (χ0n) is 20.3. The summed E-state index contributed by atoms with van der Waals surface area (Å²) in [7, 11) is 0. The highest BCUT2D eigenvalue weighted by atomic mass is 16.3. The van der Waals surface area contributed by atoms with Gasteiger partial charge in [-0.25, -0.2) is 0 Å². The van der Waals surface area contributed by atoms with Gasteiger partial charge in [0.2, 0.25) is 0 Å². The molecule has 0 amide bonds. The van der Waals surface area contributed by atoms with Gasteiger partial charge < -0.3 is 15.3 Å². The van der Waals surface area contributed by atoms with E-state index in [0.717, 1.165) is 0 Å². The fraction of sp³-hybridized carbons (Fsp3) is 0.519. The van der Waals surface area contributed by atoms with Crippen molar-refractivity contribution in [1.82, 2.24) is 0 Å². The van der Waals surface area contributed by atoms with Gasteiger partial charge in [0.05, 0.1) is 17.6 Å². The number of rotatable bonds is 2. The van der Waals surface area contributed by atoms with Crippen LogP contribution in [0.1, 0.15) is 69.4 Å². The van der Waals surface area contributed by atoms with E-state index in [-0.39, 0.29) is 22.5 Å². The maximum atomic E-state index is 13.9. The first-order chi connectivity index (χ1) is 15.2. The minimum atomic E-state index is -1.86. The van der Waals surface area contributed by atoms with E-state index in [1.54, 1.807) is 45.9 Å². The molecule has 0 heterocycles. The average molecular weight is 453 g/mol. The molecule has 3 N–H and O–H groups in total. The Bertz CT molecular complexity index is 1200. The maximum absolute atomic E-state index is 13.9. The molecule has 0 radical (unpaired) electrons. The number of carbonyl (C=O) groups is 3. The zero-order valence-corrected chi connectivity index (χ0v) is 20.3. The largest absolute Gasteiger partial charge is 0.511 e. The van der Waals surface area contributed by atoms with Gasteiger partial charge in [-0.2, -0.15) is 0 Å². The highest BCUT2D eigenvalue weighted by molar-refractivity contribution is 6.24. The van der Waals surface area contributed by atoms with Crippen molar-refractivity contribution in [3.63, 3.8) is 0 Å². The number of hydrogen-bond donors (Lipinski definition) is 3. The molecule has 4 rings (SSSR count). The van der Waals surface area contributed by atoms with E-state index < -0.39 is 51.7 Å². The summed E-state index contributed by atoms with van der Waals surface area (Å²) in [4.78, 5) is 40.2. The van der Waals surface area contributed by atoms with E-state index in [9.17, 15) is 29.7 Å². The van der Waals surface area contributed by atoms with Crippen LogP contribution in [0.3, 0.4) is 0 Å². The highest BCUT2D eigenvalue weighted by Gasteiger charge is 2.73. The Kier molecular flexibility index (Phi) is 4.81. The predicted molar refractivity (Wildman–Crippen MR) is 123 cm³/mol. The molecular formula is C27H32O6. The van der Waals surface area contributed by atoms with Crippen LogP contribution < -0.4 is 0 Å². The molecule has 0 saturated carbocycles. The van der Waals surface area contributed by atoms with E-state index in [2.05, 4.69) is 0 Å². The maximum Gasteiger partial charge on any atom is 0.193 e. The van der Waals surface area contributed by atoms with Crippen LogP contribution in [-0.2, 0) is 15.2 Å². The SMILES string of the molecule is CC(=O)C1=C(C)C[C@@]2(C)[C@H](C)[C@]3(C)C(=C(O)[C@@]2(C)C1=O)C(=O)c1c(C)cccc1C3(O)CO. The van der Waals surface area contributed by atoms with Crippen molar-refractivity contribution >= 4 is 17.3 Å². The Hall–Kier alpha value is -2.57. The molecule has 0 aromatic heterocycles. The van der Waals surface area contributed by atoms with Gasteiger partial charge in [0, 0.05) is 16.6 Å². The van der Waals surface area contributed by atoms with Crippen LogP contribution in [0.25, 0.3) is 0 Å². The third-order valence-corrected chi connectivity index (χ3v) is 9.55. The lowest BCUT2D eigenvalue weighted by Gasteiger charge is -2.65. The van der Waals surface area contributed by atoms with E-state index in [4.69, 9.17) is 0 Å². The summed E-state index contributed by atoms with van der Waals surface area (Å²) >= 11 is 0. The van der Waals surface area contributed by atoms with E-state index in [1.165, 1.54) is 6.92 Å². The molecule has 6 nitrogen and oxygen atoms in total. The number of fused-ring (bicyclic) bond motifs is 3. The number of aryl methyl sites for hydroxylation is 1. The van der Waals surface area contributed by atoms with Crippen molar-refractivity contribution < 1.29 is 29.7 Å². The molecule has 1 aromatic rings. The second kappa shape index (κ2) is 6.73. The molecular weight excluding hydrogens is 420 g/mol. The van der Waals surface area contributed by atoms with Crippen molar-refractivity contribution in [2.75, 3.05) is 6.61 Å². The first-order valence-electron chi connectivity index (χ1n) is 11.3. The molecule has 0 spiro atoms. The number of aliphatic hydroxyl groups is 3. The molecule has 1 aromatic carbocycles. The monoisotopic (exact) mass is 452 g/mol. The van der Waals surface area contributed by atoms with Crippen molar-refractivity contribution in [1.29, 1.82) is 0 Å². The molecule has 6 heteroatoms. The number of Topliss-reactive ketones (excluding diaryl/α,β-unsaturated/α-hetero) is 3. The molecule has 3 aliphatic rings. The summed E-state index contributed by atoms with van der Waals surface area (Å²) in [5, 5.41) is 34.4. The predicted octanol–water partition coefficient (Wildman–Crippen LogP) is 3.73. The lowest BCUT2D eigenvalue weighted by Crippen LogP contribution is -2.67. The summed E-state index contributed by atoms with van der Waals surface area (Å²) < 4.78 is 0. The van der Waals surface area contributed by atoms with E-state index in [0.29, 0.717) is 23.1 Å². The molecule has 33 heavy (non-hydrogen) atoms. The third kappa shape index (κ3) is 2.33. The Labute approximate surface area is 194 Å². The molecule has 0 fully saturated rings. The Balaban J connectivity index is 2.18. The number of benzene rings is 1. The van der Waals surface area contributed by atoms with Crippen LogP contribution in [-0.4, -0.2) is 39.3 Å². The van der Waals surface area contributed by atoms with Gasteiger partial charge in [0.1, 0.15) is 11.4 Å². The number of ketones is 3. The first-order valence-corrected chi connectivity index (χ1v) is 11.3. The smallest absolute Gasteiger partial charge is 0.193 e. The van der Waals surface area contributed by atoms with Gasteiger partial charge in [-0.3, -0.25) is 14.4 Å². The number of carbonyl (C=O) groups excluding carboxylic acids is 3. The second-order valence-electron chi connectivity index (χ2n) is 10.8. The lowest BCUT2D eigenvalue weighted by atomic mass is 9.38. The topological polar surface area (TPSA) is 112 Å². The molecule has 0 aliphatic heterocycles. The van der Waals surface area contributed by atoms with Gasteiger partial charge in [-0.05, 0) is 56.6 Å². The molecule has 1 unspecified atom stereocenters. The van der Waals surface area contributed by atoms with Crippen LogP contribution in [0.15, 0.2) is 40.7 Å². The quantitative estimate of drug-likeness (QED) is 0.590. The van der Waals surface area contributed by atoms with Crippen molar-refractivity contribution in [3.05, 3.63) is 57.4 Å². The van der Waals surface area contributed by atoms with Crippen molar-refractivity contribution in [2.24, 2.45) is 22.2 Å². The average Bonchev–Trinajstić information content (AvgIpc) is 2.73. The number of aliphatic hydroxyl groups excluding tert-OH is 2. The van der Waals surface area contributed by atoms with Crippen LogP contribution >= 0.6 is 0 Å². The second-order valence-corrected chi connectivity index (χ2v) is 10.8. The van der Waals surface area contributed by atoms with Crippen molar-refractivity contribution in [3.8, 4) is 0 Å². The minimum Gasteiger partial charge on any atom is -0.511 e. The van der Waals surface area contributed by atoms with Gasteiger partial charge in [0.15, 0.2) is 17.3 Å². The van der Waals surface area contributed by atoms with Crippen LogP contribution in [0, 0.1) is 29.1 Å². The van der Waals surface area contributed by atoms with Gasteiger partial charge in [-0.15, -0.1) is 0 Å². The standard InChI is InChI=1S/C27H32O6/c1-13-9-8-10-17-19(13)21(30)20-23(32)26(7)22(31)18(15(3)29)14(2)11-24(26,5)16(4)25(20,6)27(17,33)12-28/h8-10,16,28,32-33H,11-12H2,1-7H3/t16-,24-,25+,26+,27?/m0/s1. The third-order valence-electron chi connectivity index (χ3n) is 9.55. The fourth-order valence-electron chi connectivity index (χ4n) is 7.17. The summed E-state index contributed by atoms with van der Waals surface area (Å²) in [6, 6.07) is 5.11. The summed E-state index contributed by atoms with van der Waals surface area (Å²) in [6.07, 6.45) is 0.328. The normalized spacial score (nSPS) is 38.2. The van der Waals surface area contributed by atoms with Crippen LogP contribution in [0.2, 0.25) is 0 Å². The molecule has 5 atom stereocenters. The Morgan fingerprint density at radius 1 is 1.15 bits per heavy atom. The Morgan fingerprint density at radius 2 is 1.76 bits per heavy atom. The zero-order chi connectivity index (χ0) is 24.9.